The Morgan fingerprint density at radius 1 is 1.27 bits per heavy atom. The molecule has 0 fully saturated rings. The fourth-order valence-electron chi connectivity index (χ4n) is 1.88. The molecule has 3 nitrogen and oxygen atoms in total. The SMILES string of the molecule is CCN(CC)C(=O)C[C@H](CN)CC(C)C. The lowest BCUT2D eigenvalue weighted by Gasteiger charge is -2.22. The highest BCUT2D eigenvalue weighted by Gasteiger charge is 2.17. The van der Waals surface area contributed by atoms with Gasteiger partial charge in [0.2, 0.25) is 5.91 Å². The van der Waals surface area contributed by atoms with Gasteiger partial charge in [-0.15, -0.1) is 0 Å². The van der Waals surface area contributed by atoms with Crippen LogP contribution in [-0.2, 0) is 4.79 Å². The first-order valence-corrected chi connectivity index (χ1v) is 6.02. The van der Waals surface area contributed by atoms with Crippen molar-refractivity contribution in [3.8, 4) is 0 Å². The summed E-state index contributed by atoms with van der Waals surface area (Å²) >= 11 is 0. The zero-order chi connectivity index (χ0) is 11.8. The van der Waals surface area contributed by atoms with E-state index in [0.29, 0.717) is 24.8 Å². The first-order chi connectivity index (χ1) is 7.04. The van der Waals surface area contributed by atoms with Crippen molar-refractivity contribution in [2.75, 3.05) is 19.6 Å². The minimum absolute atomic E-state index is 0.246. The van der Waals surface area contributed by atoms with E-state index >= 15 is 0 Å². The van der Waals surface area contributed by atoms with E-state index in [1.165, 1.54) is 0 Å². The van der Waals surface area contributed by atoms with Crippen LogP contribution in [0.2, 0.25) is 0 Å². The molecule has 0 aliphatic carbocycles. The molecule has 1 amide bonds. The topological polar surface area (TPSA) is 46.3 Å². The van der Waals surface area contributed by atoms with Crippen LogP contribution in [0, 0.1) is 11.8 Å². The number of nitrogens with zero attached hydrogens (tertiary/aromatic N) is 1. The molecule has 0 aliphatic heterocycles. The van der Waals surface area contributed by atoms with Crippen LogP contribution in [-0.4, -0.2) is 30.4 Å². The van der Waals surface area contributed by atoms with Gasteiger partial charge in [-0.1, -0.05) is 13.8 Å². The average Bonchev–Trinajstić information content (AvgIpc) is 2.17. The molecule has 15 heavy (non-hydrogen) atoms. The van der Waals surface area contributed by atoms with Crippen molar-refractivity contribution in [2.24, 2.45) is 17.6 Å². The molecule has 0 aromatic carbocycles. The number of nitrogens with two attached hydrogens (primary N) is 1. The highest BCUT2D eigenvalue weighted by atomic mass is 16.2. The second-order valence-corrected chi connectivity index (χ2v) is 4.50. The van der Waals surface area contributed by atoms with Crippen LogP contribution < -0.4 is 5.73 Å². The molecule has 0 aromatic heterocycles. The molecule has 0 heterocycles. The van der Waals surface area contributed by atoms with E-state index in [1.807, 2.05) is 18.7 Å². The number of hydrogen-bond acceptors (Lipinski definition) is 2. The summed E-state index contributed by atoms with van der Waals surface area (Å²) in [6.45, 7) is 10.6. The third-order valence-electron chi connectivity index (χ3n) is 2.72. The maximum Gasteiger partial charge on any atom is 0.222 e. The van der Waals surface area contributed by atoms with E-state index in [-0.39, 0.29) is 5.91 Å². The summed E-state index contributed by atoms with van der Waals surface area (Å²) < 4.78 is 0. The lowest BCUT2D eigenvalue weighted by atomic mass is 9.94. The fraction of sp³-hybridized carbons (Fsp3) is 0.917. The molecule has 0 radical (unpaired) electrons. The van der Waals surface area contributed by atoms with Gasteiger partial charge in [-0.3, -0.25) is 4.79 Å². The fourth-order valence-corrected chi connectivity index (χ4v) is 1.88. The molecule has 0 bridgehead atoms. The Morgan fingerprint density at radius 3 is 2.13 bits per heavy atom. The van der Waals surface area contributed by atoms with Crippen LogP contribution in [0.4, 0.5) is 0 Å². The molecule has 90 valence electrons. The minimum Gasteiger partial charge on any atom is -0.343 e. The van der Waals surface area contributed by atoms with Gasteiger partial charge < -0.3 is 10.6 Å². The van der Waals surface area contributed by atoms with Gasteiger partial charge in [0.25, 0.3) is 0 Å². The largest absolute Gasteiger partial charge is 0.343 e. The first-order valence-electron chi connectivity index (χ1n) is 6.02. The summed E-state index contributed by atoms with van der Waals surface area (Å²) in [7, 11) is 0. The van der Waals surface area contributed by atoms with Gasteiger partial charge >= 0.3 is 0 Å². The normalized spacial score (nSPS) is 12.9. The Bertz CT molecular complexity index is 176. The quantitative estimate of drug-likeness (QED) is 0.703. The van der Waals surface area contributed by atoms with Crippen LogP contribution in [0.5, 0.6) is 0 Å². The molecule has 2 N–H and O–H groups in total. The van der Waals surface area contributed by atoms with Crippen molar-refractivity contribution < 1.29 is 4.79 Å². The second-order valence-electron chi connectivity index (χ2n) is 4.50. The number of rotatable bonds is 7. The summed E-state index contributed by atoms with van der Waals surface area (Å²) in [4.78, 5) is 13.7. The Hall–Kier alpha value is -0.570. The third kappa shape index (κ3) is 5.78. The summed E-state index contributed by atoms with van der Waals surface area (Å²) in [5.74, 6) is 1.21. The molecular weight excluding hydrogens is 188 g/mol. The first kappa shape index (κ1) is 14.4. The van der Waals surface area contributed by atoms with E-state index < -0.39 is 0 Å². The van der Waals surface area contributed by atoms with Crippen LogP contribution in [0.25, 0.3) is 0 Å². The summed E-state index contributed by atoms with van der Waals surface area (Å²) in [6, 6.07) is 0. The molecule has 0 unspecified atom stereocenters. The maximum atomic E-state index is 11.8. The van der Waals surface area contributed by atoms with Crippen molar-refractivity contribution in [3.05, 3.63) is 0 Å². The predicted molar refractivity (Wildman–Crippen MR) is 64.5 cm³/mol. The molecule has 0 spiro atoms. The Morgan fingerprint density at radius 2 is 1.80 bits per heavy atom. The Labute approximate surface area is 94.0 Å². The van der Waals surface area contributed by atoms with E-state index in [0.717, 1.165) is 19.5 Å². The predicted octanol–water partition coefficient (Wildman–Crippen LogP) is 1.87. The van der Waals surface area contributed by atoms with E-state index in [2.05, 4.69) is 13.8 Å². The summed E-state index contributed by atoms with van der Waals surface area (Å²) in [5.41, 5.74) is 5.68. The third-order valence-corrected chi connectivity index (χ3v) is 2.72. The zero-order valence-corrected chi connectivity index (χ0v) is 10.6. The smallest absolute Gasteiger partial charge is 0.222 e. The lowest BCUT2D eigenvalue weighted by Crippen LogP contribution is -2.33. The Balaban J connectivity index is 4.10. The minimum atomic E-state index is 0.246. The molecule has 1 atom stereocenters. The van der Waals surface area contributed by atoms with Gasteiger partial charge in [-0.05, 0) is 38.6 Å². The van der Waals surface area contributed by atoms with Crippen molar-refractivity contribution in [1.29, 1.82) is 0 Å². The second kappa shape index (κ2) is 7.69. The average molecular weight is 214 g/mol. The van der Waals surface area contributed by atoms with Gasteiger partial charge in [-0.25, -0.2) is 0 Å². The van der Waals surface area contributed by atoms with Gasteiger partial charge in [-0.2, -0.15) is 0 Å². The highest BCUT2D eigenvalue weighted by Crippen LogP contribution is 2.15. The maximum absolute atomic E-state index is 11.8. The van der Waals surface area contributed by atoms with Crippen LogP contribution in [0.1, 0.15) is 40.5 Å². The Kier molecular flexibility index (Phi) is 7.39. The summed E-state index contributed by atoms with van der Waals surface area (Å²) in [6.07, 6.45) is 1.65. The van der Waals surface area contributed by atoms with Gasteiger partial charge in [0.15, 0.2) is 0 Å². The number of hydrogen-bond donors (Lipinski definition) is 1. The lowest BCUT2D eigenvalue weighted by molar-refractivity contribution is -0.131. The van der Waals surface area contributed by atoms with Crippen LogP contribution in [0.15, 0.2) is 0 Å². The van der Waals surface area contributed by atoms with E-state index in [9.17, 15) is 4.79 Å². The van der Waals surface area contributed by atoms with Crippen molar-refractivity contribution in [2.45, 2.75) is 40.5 Å². The van der Waals surface area contributed by atoms with E-state index in [4.69, 9.17) is 5.73 Å². The van der Waals surface area contributed by atoms with Gasteiger partial charge in [0, 0.05) is 19.5 Å². The molecular formula is C12H26N2O. The molecule has 0 saturated heterocycles. The number of carbonyl (C=O) groups is 1. The van der Waals surface area contributed by atoms with Crippen LogP contribution in [0.3, 0.4) is 0 Å². The van der Waals surface area contributed by atoms with Gasteiger partial charge in [0.05, 0.1) is 0 Å². The monoisotopic (exact) mass is 214 g/mol. The van der Waals surface area contributed by atoms with Crippen molar-refractivity contribution >= 4 is 5.91 Å². The van der Waals surface area contributed by atoms with Crippen molar-refractivity contribution in [1.82, 2.24) is 4.90 Å². The van der Waals surface area contributed by atoms with Crippen molar-refractivity contribution in [3.63, 3.8) is 0 Å². The molecule has 0 saturated carbocycles. The number of amides is 1. The summed E-state index contributed by atoms with van der Waals surface area (Å²) in [5, 5.41) is 0. The molecule has 3 heteroatoms. The van der Waals surface area contributed by atoms with Gasteiger partial charge in [0.1, 0.15) is 0 Å². The molecule has 0 aromatic rings. The molecule has 0 aliphatic rings. The zero-order valence-electron chi connectivity index (χ0n) is 10.6. The van der Waals surface area contributed by atoms with Crippen LogP contribution >= 0.6 is 0 Å². The molecule has 0 rings (SSSR count). The standard InChI is InChI=1S/C12H26N2O/c1-5-14(6-2)12(15)8-11(9-13)7-10(3)4/h10-11H,5-9,13H2,1-4H3/t11-/m1/s1. The number of carbonyl (C=O) groups excluding carboxylic acids is 1. The highest BCUT2D eigenvalue weighted by molar-refractivity contribution is 5.76. The van der Waals surface area contributed by atoms with E-state index in [1.54, 1.807) is 0 Å².